The van der Waals surface area contributed by atoms with Crippen molar-refractivity contribution in [2.75, 3.05) is 17.7 Å². The molecule has 3 amide bonds. The zero-order valence-corrected chi connectivity index (χ0v) is 24.0. The lowest BCUT2D eigenvalue weighted by Crippen LogP contribution is -2.30. The molecule has 0 saturated heterocycles. The first-order valence-electron chi connectivity index (χ1n) is 12.7. The van der Waals surface area contributed by atoms with Gasteiger partial charge in [-0.05, 0) is 85.3 Å². The molecule has 0 aromatic heterocycles. The third kappa shape index (κ3) is 8.73. The van der Waals surface area contributed by atoms with E-state index in [1.807, 2.05) is 25.1 Å². The first kappa shape index (κ1) is 29.5. The second-order valence-corrected chi connectivity index (χ2v) is 10.7. The van der Waals surface area contributed by atoms with Crippen LogP contribution in [-0.2, 0) is 9.59 Å². The summed E-state index contributed by atoms with van der Waals surface area (Å²) in [7, 11) is 1.56. The number of nitrogens with one attached hydrogen (secondary N) is 3. The highest BCUT2D eigenvalue weighted by atomic mass is 35.5. The molecule has 0 heterocycles. The van der Waals surface area contributed by atoms with E-state index in [-0.39, 0.29) is 16.9 Å². The Morgan fingerprint density at radius 2 is 1.56 bits per heavy atom. The maximum atomic E-state index is 13.3. The fourth-order valence-electron chi connectivity index (χ4n) is 3.72. The minimum absolute atomic E-state index is 0.0665. The monoisotopic (exact) mass is 585 g/mol. The lowest BCUT2D eigenvalue weighted by molar-refractivity contribution is -0.115. The maximum absolute atomic E-state index is 13.3. The average Bonchev–Trinajstić information content (AvgIpc) is 2.98. The van der Waals surface area contributed by atoms with E-state index in [0.29, 0.717) is 33.3 Å². The van der Waals surface area contributed by atoms with Crippen molar-refractivity contribution in [3.63, 3.8) is 0 Å². The summed E-state index contributed by atoms with van der Waals surface area (Å²) in [4.78, 5) is 39.6. The van der Waals surface area contributed by atoms with Gasteiger partial charge in [-0.2, -0.15) is 0 Å². The zero-order chi connectivity index (χ0) is 29.2. The van der Waals surface area contributed by atoms with Crippen LogP contribution in [0.1, 0.15) is 22.8 Å². The normalized spacial score (nSPS) is 11.7. The molecule has 3 N–H and O–H groups in total. The Labute approximate surface area is 248 Å². The molecule has 0 aliphatic rings. The average molecular weight is 586 g/mol. The van der Waals surface area contributed by atoms with Crippen molar-refractivity contribution in [1.82, 2.24) is 5.32 Å². The van der Waals surface area contributed by atoms with Crippen molar-refractivity contribution in [3.05, 3.63) is 125 Å². The summed E-state index contributed by atoms with van der Waals surface area (Å²) in [5.74, 6) is -0.439. The minimum atomic E-state index is -0.494. The van der Waals surface area contributed by atoms with E-state index in [1.165, 1.54) is 11.8 Å². The van der Waals surface area contributed by atoms with Crippen LogP contribution in [0, 0.1) is 0 Å². The molecule has 1 atom stereocenters. The molecule has 41 heavy (non-hydrogen) atoms. The van der Waals surface area contributed by atoms with Gasteiger partial charge in [-0.3, -0.25) is 14.4 Å². The first-order valence-corrected chi connectivity index (χ1v) is 13.9. The largest absolute Gasteiger partial charge is 0.497 e. The Morgan fingerprint density at radius 3 is 2.27 bits per heavy atom. The highest BCUT2D eigenvalue weighted by molar-refractivity contribution is 8.00. The molecule has 0 bridgehead atoms. The molecular formula is C32H28ClN3O4S. The van der Waals surface area contributed by atoms with Crippen LogP contribution in [0.4, 0.5) is 11.4 Å². The molecule has 0 fully saturated rings. The fourth-order valence-corrected chi connectivity index (χ4v) is 4.78. The second kappa shape index (κ2) is 14.2. The van der Waals surface area contributed by atoms with Crippen LogP contribution < -0.4 is 20.7 Å². The lowest BCUT2D eigenvalue weighted by Gasteiger charge is -2.14. The molecule has 4 aromatic rings. The van der Waals surface area contributed by atoms with Crippen LogP contribution in [0.25, 0.3) is 6.08 Å². The van der Waals surface area contributed by atoms with Crippen LogP contribution in [0.15, 0.2) is 114 Å². The molecule has 4 rings (SSSR count). The summed E-state index contributed by atoms with van der Waals surface area (Å²) >= 11 is 7.38. The summed E-state index contributed by atoms with van der Waals surface area (Å²) in [6.07, 6.45) is 1.59. The molecule has 208 valence electrons. The topological polar surface area (TPSA) is 96.5 Å². The second-order valence-electron chi connectivity index (χ2n) is 8.89. The van der Waals surface area contributed by atoms with E-state index in [0.717, 1.165) is 4.90 Å². The number of ether oxygens (including phenoxy) is 1. The van der Waals surface area contributed by atoms with Crippen LogP contribution in [0.5, 0.6) is 5.75 Å². The van der Waals surface area contributed by atoms with Gasteiger partial charge in [-0.15, -0.1) is 11.8 Å². The van der Waals surface area contributed by atoms with Gasteiger partial charge in [0.15, 0.2) is 0 Å². The molecule has 4 aromatic carbocycles. The molecule has 9 heteroatoms. The van der Waals surface area contributed by atoms with Crippen LogP contribution in [0.3, 0.4) is 0 Å². The minimum Gasteiger partial charge on any atom is -0.497 e. The number of benzene rings is 4. The van der Waals surface area contributed by atoms with Crippen molar-refractivity contribution >= 4 is 58.5 Å². The van der Waals surface area contributed by atoms with Gasteiger partial charge in [0.05, 0.1) is 12.4 Å². The third-order valence-corrected chi connectivity index (χ3v) is 7.17. The fraction of sp³-hybridized carbons (Fsp3) is 0.0938. The number of anilines is 2. The number of hydrogen-bond acceptors (Lipinski definition) is 5. The lowest BCUT2D eigenvalue weighted by atomic mass is 10.1. The summed E-state index contributed by atoms with van der Waals surface area (Å²) in [6.45, 7) is 1.81. The third-order valence-electron chi connectivity index (χ3n) is 5.82. The number of carbonyl (C=O) groups is 3. The standard InChI is InChI=1S/C32H28ClN3O4S/c1-21(30(37)35-26-12-7-11-24(33)20-26)41-28-16-14-25(15-17-28)34-32(39)29(19-22-8-6-13-27(18-22)40-2)36-31(38)23-9-4-3-5-10-23/h3-21H,1-2H3,(H,34,39)(H,35,37)(H,36,38)/b29-19-. The molecular weight excluding hydrogens is 558 g/mol. The van der Waals surface area contributed by atoms with E-state index in [1.54, 1.807) is 98.1 Å². The van der Waals surface area contributed by atoms with E-state index in [4.69, 9.17) is 16.3 Å². The quantitative estimate of drug-likeness (QED) is 0.139. The predicted octanol–water partition coefficient (Wildman–Crippen LogP) is 6.88. The Morgan fingerprint density at radius 1 is 0.829 bits per heavy atom. The molecule has 0 spiro atoms. The summed E-state index contributed by atoms with van der Waals surface area (Å²) < 4.78 is 5.28. The number of thioether (sulfide) groups is 1. The van der Waals surface area contributed by atoms with Gasteiger partial charge in [0.2, 0.25) is 5.91 Å². The maximum Gasteiger partial charge on any atom is 0.272 e. The number of methoxy groups -OCH3 is 1. The Hall–Kier alpha value is -4.53. The summed E-state index contributed by atoms with van der Waals surface area (Å²) in [5.41, 5.74) is 2.33. The Bertz CT molecular complexity index is 1560. The number of amides is 3. The molecule has 0 radical (unpaired) electrons. The number of rotatable bonds is 10. The molecule has 0 aliphatic heterocycles. The number of halogens is 1. The van der Waals surface area contributed by atoms with E-state index in [2.05, 4.69) is 16.0 Å². The first-order chi connectivity index (χ1) is 19.8. The van der Waals surface area contributed by atoms with E-state index in [9.17, 15) is 14.4 Å². The summed E-state index contributed by atoms with van der Waals surface area (Å²) in [5, 5.41) is 8.59. The van der Waals surface area contributed by atoms with Crippen LogP contribution in [0.2, 0.25) is 5.02 Å². The SMILES string of the molecule is COc1cccc(/C=C(\NC(=O)c2ccccc2)C(=O)Nc2ccc(SC(C)C(=O)Nc3cccc(Cl)c3)cc2)c1. The predicted molar refractivity (Wildman–Crippen MR) is 165 cm³/mol. The number of carbonyl (C=O) groups excluding carboxylic acids is 3. The van der Waals surface area contributed by atoms with Gasteiger partial charge in [-0.25, -0.2) is 0 Å². The van der Waals surface area contributed by atoms with Crippen molar-refractivity contribution in [1.29, 1.82) is 0 Å². The highest BCUT2D eigenvalue weighted by Gasteiger charge is 2.17. The Balaban J connectivity index is 1.44. The smallest absolute Gasteiger partial charge is 0.272 e. The highest BCUT2D eigenvalue weighted by Crippen LogP contribution is 2.26. The van der Waals surface area contributed by atoms with Gasteiger partial charge in [0.1, 0.15) is 11.4 Å². The van der Waals surface area contributed by atoms with Crippen LogP contribution >= 0.6 is 23.4 Å². The molecule has 0 saturated carbocycles. The molecule has 1 unspecified atom stereocenters. The number of hydrogen-bond donors (Lipinski definition) is 3. The summed E-state index contributed by atoms with van der Waals surface area (Å²) in [6, 6.07) is 29.9. The van der Waals surface area contributed by atoms with Crippen molar-refractivity contribution in [2.45, 2.75) is 17.1 Å². The Kier molecular flexibility index (Phi) is 10.2. The van der Waals surface area contributed by atoms with Gasteiger partial charge in [-0.1, -0.05) is 48.0 Å². The zero-order valence-electron chi connectivity index (χ0n) is 22.4. The van der Waals surface area contributed by atoms with Gasteiger partial charge >= 0.3 is 0 Å². The van der Waals surface area contributed by atoms with Gasteiger partial charge in [0.25, 0.3) is 11.8 Å². The van der Waals surface area contributed by atoms with Gasteiger partial charge in [0, 0.05) is 26.9 Å². The van der Waals surface area contributed by atoms with E-state index >= 15 is 0 Å². The van der Waals surface area contributed by atoms with Crippen molar-refractivity contribution in [2.24, 2.45) is 0 Å². The van der Waals surface area contributed by atoms with E-state index < -0.39 is 11.8 Å². The molecule has 7 nitrogen and oxygen atoms in total. The van der Waals surface area contributed by atoms with Crippen LogP contribution in [-0.4, -0.2) is 30.1 Å². The van der Waals surface area contributed by atoms with Gasteiger partial charge < -0.3 is 20.7 Å². The molecule has 0 aliphatic carbocycles. The van der Waals surface area contributed by atoms with Crippen molar-refractivity contribution in [3.8, 4) is 5.75 Å². The van der Waals surface area contributed by atoms with Crippen molar-refractivity contribution < 1.29 is 19.1 Å².